The minimum Gasteiger partial charge on any atom is -0.390 e. The molecular formula is C24H44N2O4. The van der Waals surface area contributed by atoms with Gasteiger partial charge in [-0.05, 0) is 77.0 Å². The molecule has 6 heteroatoms. The largest absolute Gasteiger partial charge is 0.390 e. The van der Waals surface area contributed by atoms with E-state index in [0.29, 0.717) is 24.9 Å². The van der Waals surface area contributed by atoms with Gasteiger partial charge in [0.2, 0.25) is 11.8 Å². The van der Waals surface area contributed by atoms with Crippen LogP contribution in [0.2, 0.25) is 0 Å². The van der Waals surface area contributed by atoms with Crippen LogP contribution < -0.4 is 0 Å². The maximum atomic E-state index is 12.9. The average molecular weight is 425 g/mol. The zero-order valence-electron chi connectivity index (χ0n) is 20.0. The molecule has 2 unspecified atom stereocenters. The van der Waals surface area contributed by atoms with Crippen LogP contribution in [0.25, 0.3) is 0 Å². The molecule has 0 aromatic carbocycles. The van der Waals surface area contributed by atoms with Gasteiger partial charge < -0.3 is 20.0 Å². The van der Waals surface area contributed by atoms with Crippen LogP contribution in [0, 0.1) is 23.7 Å². The lowest BCUT2D eigenvalue weighted by molar-refractivity contribution is -0.140. The van der Waals surface area contributed by atoms with Crippen molar-refractivity contribution in [2.45, 2.75) is 90.3 Å². The molecule has 0 aromatic rings. The van der Waals surface area contributed by atoms with Crippen LogP contribution in [-0.4, -0.2) is 70.2 Å². The van der Waals surface area contributed by atoms with Crippen molar-refractivity contribution in [2.75, 3.05) is 27.2 Å². The second kappa shape index (κ2) is 9.99. The Kier molecular flexibility index (Phi) is 8.36. The fraction of sp³-hybridized carbons (Fsp3) is 0.917. The summed E-state index contributed by atoms with van der Waals surface area (Å²) in [6.07, 6.45) is 6.57. The Morgan fingerprint density at radius 3 is 1.30 bits per heavy atom. The zero-order chi connectivity index (χ0) is 22.7. The van der Waals surface area contributed by atoms with E-state index in [0.717, 1.165) is 51.4 Å². The van der Waals surface area contributed by atoms with Gasteiger partial charge in [0.05, 0.1) is 11.2 Å². The molecular weight excluding hydrogens is 380 g/mol. The predicted molar refractivity (Wildman–Crippen MR) is 119 cm³/mol. The van der Waals surface area contributed by atoms with Gasteiger partial charge in [-0.25, -0.2) is 0 Å². The van der Waals surface area contributed by atoms with E-state index in [4.69, 9.17) is 0 Å². The molecule has 2 aliphatic rings. The molecule has 6 nitrogen and oxygen atoms in total. The second-order valence-electron chi connectivity index (χ2n) is 10.8. The van der Waals surface area contributed by atoms with Crippen LogP contribution in [0.1, 0.15) is 79.1 Å². The summed E-state index contributed by atoms with van der Waals surface area (Å²) in [5, 5.41) is 20.3. The molecule has 2 atom stereocenters. The summed E-state index contributed by atoms with van der Waals surface area (Å²) in [4.78, 5) is 29.2. The first-order chi connectivity index (χ1) is 13.8. The Morgan fingerprint density at radius 1 is 0.767 bits per heavy atom. The van der Waals surface area contributed by atoms with E-state index in [-0.39, 0.29) is 23.7 Å². The van der Waals surface area contributed by atoms with Crippen LogP contribution in [0.5, 0.6) is 0 Å². The summed E-state index contributed by atoms with van der Waals surface area (Å²) in [5.41, 5.74) is -1.17. The van der Waals surface area contributed by atoms with Crippen molar-refractivity contribution in [1.29, 1.82) is 0 Å². The molecule has 0 aliphatic heterocycles. The molecule has 2 N–H and O–H groups in total. The van der Waals surface area contributed by atoms with Gasteiger partial charge in [0.15, 0.2) is 0 Å². The smallest absolute Gasteiger partial charge is 0.225 e. The van der Waals surface area contributed by atoms with E-state index in [9.17, 15) is 19.8 Å². The van der Waals surface area contributed by atoms with Crippen LogP contribution in [-0.2, 0) is 9.59 Å². The number of amides is 2. The molecule has 2 saturated carbocycles. The average Bonchev–Trinajstić information content (AvgIpc) is 2.69. The molecule has 0 heterocycles. The highest BCUT2D eigenvalue weighted by Gasteiger charge is 2.36. The van der Waals surface area contributed by atoms with Crippen LogP contribution in [0.4, 0.5) is 0 Å². The standard InChI is InChI=1S/C24H44N2O4/c1-17(19-7-11-23(3,29)12-8-19)21(27)25(5)15-16-26(6)22(28)18(2)20-9-13-24(4,30)14-10-20/h17-20,29-30H,7-16H2,1-6H3. The minimum atomic E-state index is -0.584. The Balaban J connectivity index is 1.78. The van der Waals surface area contributed by atoms with E-state index in [1.807, 2.05) is 41.8 Å². The molecule has 2 amide bonds. The number of aliphatic hydroxyl groups is 2. The summed E-state index contributed by atoms with van der Waals surface area (Å²) >= 11 is 0. The summed E-state index contributed by atoms with van der Waals surface area (Å²) in [7, 11) is 3.64. The van der Waals surface area contributed by atoms with E-state index >= 15 is 0 Å². The summed E-state index contributed by atoms with van der Waals surface area (Å²) in [6.45, 7) is 8.82. The van der Waals surface area contributed by atoms with Gasteiger partial charge >= 0.3 is 0 Å². The molecule has 30 heavy (non-hydrogen) atoms. The molecule has 0 saturated heterocycles. The second-order valence-corrected chi connectivity index (χ2v) is 10.8. The van der Waals surface area contributed by atoms with Crippen LogP contribution in [0.15, 0.2) is 0 Å². The number of hydrogen-bond acceptors (Lipinski definition) is 4. The third-order valence-electron chi connectivity index (χ3n) is 7.93. The fourth-order valence-electron chi connectivity index (χ4n) is 5.14. The Morgan fingerprint density at radius 2 is 1.03 bits per heavy atom. The molecule has 0 radical (unpaired) electrons. The van der Waals surface area contributed by atoms with Crippen LogP contribution in [0.3, 0.4) is 0 Å². The number of hydrogen-bond donors (Lipinski definition) is 2. The highest BCUT2D eigenvalue weighted by atomic mass is 16.3. The predicted octanol–water partition coefficient (Wildman–Crippen LogP) is 3.06. The molecule has 174 valence electrons. The monoisotopic (exact) mass is 424 g/mol. The van der Waals surface area contributed by atoms with Crippen molar-refractivity contribution < 1.29 is 19.8 Å². The highest BCUT2D eigenvalue weighted by molar-refractivity contribution is 5.79. The molecule has 2 rings (SSSR count). The first-order valence-corrected chi connectivity index (χ1v) is 11.8. The molecule has 0 spiro atoms. The van der Waals surface area contributed by atoms with Crippen LogP contribution >= 0.6 is 0 Å². The van der Waals surface area contributed by atoms with Crippen molar-refractivity contribution >= 4 is 11.8 Å². The lowest BCUT2D eigenvalue weighted by Crippen LogP contribution is -2.44. The van der Waals surface area contributed by atoms with Gasteiger partial charge in [-0.15, -0.1) is 0 Å². The number of carbonyl (C=O) groups excluding carboxylic acids is 2. The van der Waals surface area contributed by atoms with E-state index in [2.05, 4.69) is 0 Å². The van der Waals surface area contributed by atoms with Crippen molar-refractivity contribution in [1.82, 2.24) is 9.80 Å². The maximum Gasteiger partial charge on any atom is 0.225 e. The number of rotatable bonds is 7. The zero-order valence-corrected chi connectivity index (χ0v) is 20.0. The van der Waals surface area contributed by atoms with Gasteiger partial charge in [0.1, 0.15) is 0 Å². The highest BCUT2D eigenvalue weighted by Crippen LogP contribution is 2.37. The molecule has 2 aliphatic carbocycles. The maximum absolute atomic E-state index is 12.9. The fourth-order valence-corrected chi connectivity index (χ4v) is 5.14. The first-order valence-electron chi connectivity index (χ1n) is 11.8. The molecule has 0 bridgehead atoms. The summed E-state index contributed by atoms with van der Waals surface area (Å²) in [5.74, 6) is 0.795. The number of nitrogens with zero attached hydrogens (tertiary/aromatic N) is 2. The van der Waals surface area contributed by atoms with E-state index in [1.54, 1.807) is 9.80 Å². The van der Waals surface area contributed by atoms with Crippen molar-refractivity contribution in [3.05, 3.63) is 0 Å². The van der Waals surface area contributed by atoms with Gasteiger partial charge in [0, 0.05) is 39.0 Å². The third kappa shape index (κ3) is 6.68. The SMILES string of the molecule is CC(C(=O)N(C)CCN(C)C(=O)C(C)C1CCC(C)(O)CC1)C1CCC(C)(O)CC1. The van der Waals surface area contributed by atoms with E-state index < -0.39 is 11.2 Å². The Hall–Kier alpha value is -1.14. The molecule has 0 aromatic heterocycles. The Bertz CT molecular complexity index is 532. The first kappa shape index (κ1) is 25.1. The number of carbonyl (C=O) groups is 2. The van der Waals surface area contributed by atoms with E-state index in [1.165, 1.54) is 0 Å². The summed E-state index contributed by atoms with van der Waals surface area (Å²) in [6, 6.07) is 0. The topological polar surface area (TPSA) is 81.1 Å². The van der Waals surface area contributed by atoms with Gasteiger partial charge in [0.25, 0.3) is 0 Å². The van der Waals surface area contributed by atoms with Gasteiger partial charge in [-0.1, -0.05) is 13.8 Å². The van der Waals surface area contributed by atoms with Crippen molar-refractivity contribution in [3.8, 4) is 0 Å². The third-order valence-corrected chi connectivity index (χ3v) is 7.93. The summed E-state index contributed by atoms with van der Waals surface area (Å²) < 4.78 is 0. The lowest BCUT2D eigenvalue weighted by atomic mass is 9.74. The quantitative estimate of drug-likeness (QED) is 0.658. The van der Waals surface area contributed by atoms with Crippen molar-refractivity contribution in [3.63, 3.8) is 0 Å². The van der Waals surface area contributed by atoms with Crippen molar-refractivity contribution in [2.24, 2.45) is 23.7 Å². The van der Waals surface area contributed by atoms with Gasteiger partial charge in [-0.3, -0.25) is 9.59 Å². The van der Waals surface area contributed by atoms with Gasteiger partial charge in [-0.2, -0.15) is 0 Å². The number of likely N-dealkylation sites (N-methyl/N-ethyl adjacent to an activating group) is 2. The Labute approximate surface area is 183 Å². The lowest BCUT2D eigenvalue weighted by Gasteiger charge is -2.37. The molecule has 2 fully saturated rings. The normalized spacial score (nSPS) is 34.1. The minimum absolute atomic E-state index is 0.0546.